The Morgan fingerprint density at radius 2 is 1.72 bits per heavy atom. The zero-order chi connectivity index (χ0) is 22.3. The first-order chi connectivity index (χ1) is 15.5. The largest absolute Gasteiger partial charge is 0.468 e. The molecule has 2 aromatic heterocycles. The fraction of sp³-hybridized carbons (Fsp3) is 0.240. The minimum atomic E-state index is -0.315. The molecule has 1 aliphatic rings. The van der Waals surface area contributed by atoms with Crippen molar-refractivity contribution >= 4 is 15.9 Å². The Bertz CT molecular complexity index is 1260. The Morgan fingerprint density at radius 3 is 2.41 bits per heavy atom. The predicted molar refractivity (Wildman–Crippen MR) is 129 cm³/mol. The van der Waals surface area contributed by atoms with Crippen LogP contribution in [-0.2, 0) is 12.1 Å². The Labute approximate surface area is 195 Å². The highest BCUT2D eigenvalue weighted by molar-refractivity contribution is 9.10. The van der Waals surface area contributed by atoms with Gasteiger partial charge in [0.05, 0.1) is 5.69 Å². The van der Waals surface area contributed by atoms with Crippen molar-refractivity contribution in [3.63, 3.8) is 0 Å². The number of aromatic nitrogens is 4. The second-order valence-corrected chi connectivity index (χ2v) is 8.73. The summed E-state index contributed by atoms with van der Waals surface area (Å²) in [6, 6.07) is 20.8. The van der Waals surface area contributed by atoms with E-state index in [1.54, 1.807) is 0 Å². The Balaban J connectivity index is 1.68. The third kappa shape index (κ3) is 3.42. The average Bonchev–Trinajstić information content (AvgIpc) is 3.24. The molecule has 6 nitrogen and oxygen atoms in total. The molecule has 1 aliphatic heterocycles. The molecule has 0 radical (unpaired) electrons. The first-order valence-corrected chi connectivity index (χ1v) is 11.6. The lowest BCUT2D eigenvalue weighted by Crippen LogP contribution is -2.34. The summed E-state index contributed by atoms with van der Waals surface area (Å²) in [5.74, 6) is 1.30. The first kappa shape index (κ1) is 20.8. The number of nitrogens with two attached hydrogens (primary N) is 1. The van der Waals surface area contributed by atoms with Crippen LogP contribution >= 0.6 is 15.9 Å². The summed E-state index contributed by atoms with van der Waals surface area (Å²) in [6.45, 7) is 4.58. The maximum absolute atomic E-state index is 6.61. The zero-order valence-corrected chi connectivity index (χ0v) is 19.6. The van der Waals surface area contributed by atoms with Gasteiger partial charge in [-0.3, -0.25) is 4.57 Å². The van der Waals surface area contributed by atoms with E-state index in [0.29, 0.717) is 17.2 Å². The normalized spacial score (nSPS) is 12.8. The Hall–Kier alpha value is -3.03. The third-order valence-corrected chi connectivity index (χ3v) is 6.83. The highest BCUT2D eigenvalue weighted by Crippen LogP contribution is 2.39. The summed E-state index contributed by atoms with van der Waals surface area (Å²) >= 11 is 3.50. The fourth-order valence-corrected chi connectivity index (χ4v) is 4.66. The lowest BCUT2D eigenvalue weighted by Gasteiger charge is -2.27. The molecule has 0 fully saturated rings. The third-order valence-electron chi connectivity index (χ3n) is 6.32. The van der Waals surface area contributed by atoms with E-state index in [0.717, 1.165) is 52.3 Å². The summed E-state index contributed by atoms with van der Waals surface area (Å²) in [6.07, 6.45) is 1.78. The number of halogens is 1. The van der Waals surface area contributed by atoms with Crippen molar-refractivity contribution in [2.45, 2.75) is 38.8 Å². The van der Waals surface area contributed by atoms with Crippen LogP contribution < -0.4 is 10.5 Å². The maximum atomic E-state index is 6.61. The van der Waals surface area contributed by atoms with Crippen LogP contribution in [-0.4, -0.2) is 19.7 Å². The molecule has 0 aliphatic carbocycles. The van der Waals surface area contributed by atoms with Gasteiger partial charge >= 0.3 is 0 Å². The van der Waals surface area contributed by atoms with Crippen LogP contribution in [0.1, 0.15) is 38.1 Å². The topological polar surface area (TPSA) is 78.9 Å². The van der Waals surface area contributed by atoms with Gasteiger partial charge in [-0.15, -0.1) is 10.2 Å². The second kappa shape index (κ2) is 8.15. The fourth-order valence-electron chi connectivity index (χ4n) is 4.19. The molecule has 0 atom stereocenters. The highest BCUT2D eigenvalue weighted by Gasteiger charge is 2.26. The van der Waals surface area contributed by atoms with E-state index in [9.17, 15) is 0 Å². The molecule has 0 saturated carbocycles. The van der Waals surface area contributed by atoms with Crippen molar-refractivity contribution in [3.05, 3.63) is 76.8 Å². The van der Waals surface area contributed by atoms with Gasteiger partial charge in [-0.2, -0.15) is 0 Å². The van der Waals surface area contributed by atoms with E-state index in [1.807, 2.05) is 22.8 Å². The van der Waals surface area contributed by atoms with Gasteiger partial charge in [0.1, 0.15) is 5.69 Å². The number of rotatable bonds is 5. The molecule has 0 spiro atoms. The minimum Gasteiger partial charge on any atom is -0.468 e. The van der Waals surface area contributed by atoms with Crippen LogP contribution in [0.2, 0.25) is 0 Å². The molecule has 5 rings (SSSR count). The molecule has 4 aromatic rings. The molecule has 3 heterocycles. The molecular formula is C25H24BrN5O. The average molecular weight is 490 g/mol. The van der Waals surface area contributed by atoms with E-state index in [4.69, 9.17) is 15.5 Å². The summed E-state index contributed by atoms with van der Waals surface area (Å²) in [5, 5.41) is 8.33. The molecule has 0 unspecified atom stereocenters. The van der Waals surface area contributed by atoms with Gasteiger partial charge in [0.25, 0.3) is 0 Å². The molecule has 162 valence electrons. The van der Waals surface area contributed by atoms with Gasteiger partial charge in [0.2, 0.25) is 10.6 Å². The van der Waals surface area contributed by atoms with E-state index < -0.39 is 0 Å². The van der Waals surface area contributed by atoms with Crippen molar-refractivity contribution in [2.75, 3.05) is 0 Å². The standard InChI is InChI=1S/C25H24BrN5O/c1-3-25(27,4-2)18-12-10-17(11-13-18)22-19(16-8-6-5-7-9-16)14-20-23(28-22)32-15-21-29-30-24(26)31(20)21/h5-14H,3-4,15,27H2,1-2H3. The Morgan fingerprint density at radius 1 is 1.00 bits per heavy atom. The van der Waals surface area contributed by atoms with Gasteiger partial charge in [0.15, 0.2) is 12.4 Å². The van der Waals surface area contributed by atoms with E-state index in [-0.39, 0.29) is 5.54 Å². The number of benzene rings is 2. The van der Waals surface area contributed by atoms with E-state index in [2.05, 4.69) is 82.4 Å². The molecule has 32 heavy (non-hydrogen) atoms. The monoisotopic (exact) mass is 489 g/mol. The van der Waals surface area contributed by atoms with Crippen LogP contribution in [0.25, 0.3) is 28.1 Å². The minimum absolute atomic E-state index is 0.315. The number of pyridine rings is 1. The number of nitrogens with zero attached hydrogens (tertiary/aromatic N) is 4. The summed E-state index contributed by atoms with van der Waals surface area (Å²) < 4.78 is 8.53. The van der Waals surface area contributed by atoms with Crippen LogP contribution in [0, 0.1) is 0 Å². The first-order valence-electron chi connectivity index (χ1n) is 10.8. The summed E-state index contributed by atoms with van der Waals surface area (Å²) in [7, 11) is 0. The molecular weight excluding hydrogens is 466 g/mol. The van der Waals surface area contributed by atoms with Crippen LogP contribution in [0.5, 0.6) is 5.88 Å². The maximum Gasteiger partial charge on any atom is 0.239 e. The summed E-state index contributed by atoms with van der Waals surface area (Å²) in [5.41, 5.74) is 12.2. The van der Waals surface area contributed by atoms with E-state index in [1.165, 1.54) is 0 Å². The van der Waals surface area contributed by atoms with Crippen LogP contribution in [0.3, 0.4) is 0 Å². The molecule has 2 aromatic carbocycles. The summed E-state index contributed by atoms with van der Waals surface area (Å²) in [4.78, 5) is 4.96. The molecule has 0 saturated heterocycles. The van der Waals surface area contributed by atoms with Gasteiger partial charge in [-0.1, -0.05) is 68.4 Å². The van der Waals surface area contributed by atoms with Gasteiger partial charge in [0, 0.05) is 16.7 Å². The molecule has 2 N–H and O–H groups in total. The number of ether oxygens (including phenoxy) is 1. The lowest BCUT2D eigenvalue weighted by molar-refractivity contribution is 0.267. The second-order valence-electron chi connectivity index (χ2n) is 8.02. The smallest absolute Gasteiger partial charge is 0.239 e. The molecule has 0 amide bonds. The van der Waals surface area contributed by atoms with Crippen molar-refractivity contribution in [1.82, 2.24) is 19.7 Å². The number of hydrogen-bond donors (Lipinski definition) is 1. The lowest BCUT2D eigenvalue weighted by atomic mass is 9.85. The zero-order valence-electron chi connectivity index (χ0n) is 18.0. The van der Waals surface area contributed by atoms with Crippen LogP contribution in [0.4, 0.5) is 0 Å². The van der Waals surface area contributed by atoms with E-state index >= 15 is 0 Å². The van der Waals surface area contributed by atoms with Crippen molar-refractivity contribution in [1.29, 1.82) is 0 Å². The Kier molecular flexibility index (Phi) is 5.31. The van der Waals surface area contributed by atoms with Crippen molar-refractivity contribution in [2.24, 2.45) is 5.73 Å². The highest BCUT2D eigenvalue weighted by atomic mass is 79.9. The molecule has 7 heteroatoms. The SMILES string of the molecule is CCC(N)(CC)c1ccc(-c2nc3c(cc2-c2ccccc2)-n2c(Br)nnc2CO3)cc1. The van der Waals surface area contributed by atoms with Gasteiger partial charge in [-0.25, -0.2) is 4.98 Å². The van der Waals surface area contributed by atoms with Crippen molar-refractivity contribution < 1.29 is 4.74 Å². The van der Waals surface area contributed by atoms with Gasteiger partial charge in [-0.05, 0) is 46.0 Å². The quantitative estimate of drug-likeness (QED) is 0.393. The number of hydrogen-bond acceptors (Lipinski definition) is 5. The van der Waals surface area contributed by atoms with Crippen LogP contribution in [0.15, 0.2) is 65.4 Å². The van der Waals surface area contributed by atoms with Crippen molar-refractivity contribution in [3.8, 4) is 34.0 Å². The van der Waals surface area contributed by atoms with Gasteiger partial charge < -0.3 is 10.5 Å². The predicted octanol–water partition coefficient (Wildman–Crippen LogP) is 5.63. The number of fused-ring (bicyclic) bond motifs is 3. The molecule has 0 bridgehead atoms.